The molecule has 110 valence electrons. The number of carboxylic acids is 1. The molecule has 2 unspecified atom stereocenters. The summed E-state index contributed by atoms with van der Waals surface area (Å²) in [5.41, 5.74) is -0.186. The molecule has 1 aliphatic rings. The largest absolute Gasteiger partial charge is 0.480 e. The Labute approximate surface area is 120 Å². The number of carbonyl (C=O) groups is 1. The zero-order valence-electron chi connectivity index (χ0n) is 12.3. The molecule has 2 rings (SSSR count). The van der Waals surface area contributed by atoms with Gasteiger partial charge in [-0.05, 0) is 31.0 Å². The number of hydrogen-bond donors (Lipinski definition) is 2. The third kappa shape index (κ3) is 3.02. The van der Waals surface area contributed by atoms with E-state index in [-0.39, 0.29) is 0 Å². The molecule has 1 aromatic carbocycles. The first kappa shape index (κ1) is 15.0. The minimum Gasteiger partial charge on any atom is -0.480 e. The van der Waals surface area contributed by atoms with Crippen molar-refractivity contribution in [3.63, 3.8) is 0 Å². The molecule has 2 N–H and O–H groups in total. The van der Waals surface area contributed by atoms with Crippen molar-refractivity contribution in [2.45, 2.75) is 25.8 Å². The molecule has 0 bridgehead atoms. The summed E-state index contributed by atoms with van der Waals surface area (Å²) in [7, 11) is 0. The second-order valence-electron chi connectivity index (χ2n) is 5.74. The van der Waals surface area contributed by atoms with E-state index < -0.39 is 11.5 Å². The SMILES string of the molecule is CCNC(CN1CCC(C)C1)(C(=O)O)c1ccccc1. The number of likely N-dealkylation sites (tertiary alicyclic amines) is 1. The number of aliphatic carboxylic acids is 1. The molecule has 20 heavy (non-hydrogen) atoms. The van der Waals surface area contributed by atoms with Gasteiger partial charge < -0.3 is 10.0 Å². The maximum Gasteiger partial charge on any atom is 0.329 e. The summed E-state index contributed by atoms with van der Waals surface area (Å²) in [6.45, 7) is 7.28. The molecule has 0 aliphatic carbocycles. The summed E-state index contributed by atoms with van der Waals surface area (Å²) >= 11 is 0. The maximum absolute atomic E-state index is 12.0. The Balaban J connectivity index is 2.30. The molecule has 0 spiro atoms. The van der Waals surface area contributed by atoms with E-state index in [4.69, 9.17) is 0 Å². The first-order chi connectivity index (χ1) is 9.58. The number of nitrogens with one attached hydrogen (secondary N) is 1. The number of hydrogen-bond acceptors (Lipinski definition) is 3. The Morgan fingerprint density at radius 2 is 2.15 bits per heavy atom. The smallest absolute Gasteiger partial charge is 0.329 e. The van der Waals surface area contributed by atoms with Crippen LogP contribution >= 0.6 is 0 Å². The van der Waals surface area contributed by atoms with E-state index in [0.717, 1.165) is 25.1 Å². The minimum atomic E-state index is -1.01. The number of carboxylic acid groups (broad SMARTS) is 1. The van der Waals surface area contributed by atoms with E-state index in [1.807, 2.05) is 37.3 Å². The molecule has 1 heterocycles. The molecule has 1 saturated heterocycles. The van der Waals surface area contributed by atoms with Crippen LogP contribution in [-0.4, -0.2) is 42.2 Å². The predicted molar refractivity (Wildman–Crippen MR) is 79.7 cm³/mol. The van der Waals surface area contributed by atoms with Crippen LogP contribution in [0.25, 0.3) is 0 Å². The quantitative estimate of drug-likeness (QED) is 0.833. The molecular weight excluding hydrogens is 252 g/mol. The van der Waals surface area contributed by atoms with E-state index >= 15 is 0 Å². The lowest BCUT2D eigenvalue weighted by Gasteiger charge is -2.34. The summed E-state index contributed by atoms with van der Waals surface area (Å²) in [4.78, 5) is 14.3. The van der Waals surface area contributed by atoms with Crippen LogP contribution in [0.4, 0.5) is 0 Å². The average molecular weight is 276 g/mol. The molecule has 0 amide bonds. The molecule has 0 radical (unpaired) electrons. The van der Waals surface area contributed by atoms with E-state index in [9.17, 15) is 9.90 Å². The number of nitrogens with zero attached hydrogens (tertiary/aromatic N) is 1. The highest BCUT2D eigenvalue weighted by Crippen LogP contribution is 2.26. The predicted octanol–water partition coefficient (Wildman–Crippen LogP) is 1.92. The third-order valence-corrected chi connectivity index (χ3v) is 4.08. The summed E-state index contributed by atoms with van der Waals surface area (Å²) in [6.07, 6.45) is 1.15. The average Bonchev–Trinajstić information content (AvgIpc) is 2.84. The third-order valence-electron chi connectivity index (χ3n) is 4.08. The lowest BCUT2D eigenvalue weighted by atomic mass is 9.89. The topological polar surface area (TPSA) is 52.6 Å². The van der Waals surface area contributed by atoms with Gasteiger partial charge in [-0.15, -0.1) is 0 Å². The summed E-state index contributed by atoms with van der Waals surface area (Å²) in [5.74, 6) is -0.149. The Bertz CT molecular complexity index is 449. The van der Waals surface area contributed by atoms with Crippen LogP contribution in [0.1, 0.15) is 25.8 Å². The van der Waals surface area contributed by atoms with E-state index in [0.29, 0.717) is 19.0 Å². The molecule has 1 fully saturated rings. The van der Waals surface area contributed by atoms with Crippen molar-refractivity contribution < 1.29 is 9.90 Å². The lowest BCUT2D eigenvalue weighted by Crippen LogP contribution is -2.56. The van der Waals surface area contributed by atoms with Crippen LogP contribution in [-0.2, 0) is 10.3 Å². The lowest BCUT2D eigenvalue weighted by molar-refractivity contribution is -0.146. The highest BCUT2D eigenvalue weighted by molar-refractivity contribution is 5.81. The van der Waals surface area contributed by atoms with Crippen molar-refractivity contribution in [1.82, 2.24) is 10.2 Å². The van der Waals surface area contributed by atoms with Gasteiger partial charge in [-0.25, -0.2) is 4.79 Å². The van der Waals surface area contributed by atoms with Crippen LogP contribution in [0.15, 0.2) is 30.3 Å². The van der Waals surface area contributed by atoms with Crippen molar-refractivity contribution in [1.29, 1.82) is 0 Å². The monoisotopic (exact) mass is 276 g/mol. The summed E-state index contributed by atoms with van der Waals surface area (Å²) in [5, 5.41) is 13.1. The highest BCUT2D eigenvalue weighted by atomic mass is 16.4. The first-order valence-corrected chi connectivity index (χ1v) is 7.35. The fraction of sp³-hybridized carbons (Fsp3) is 0.562. The maximum atomic E-state index is 12.0. The van der Waals surface area contributed by atoms with Gasteiger partial charge in [-0.3, -0.25) is 5.32 Å². The van der Waals surface area contributed by atoms with E-state index in [1.54, 1.807) is 0 Å². The molecule has 0 saturated carbocycles. The van der Waals surface area contributed by atoms with Crippen LogP contribution in [0, 0.1) is 5.92 Å². The highest BCUT2D eigenvalue weighted by Gasteiger charge is 2.42. The first-order valence-electron chi connectivity index (χ1n) is 7.35. The van der Waals surface area contributed by atoms with E-state index in [2.05, 4.69) is 17.1 Å². The van der Waals surface area contributed by atoms with Crippen LogP contribution < -0.4 is 5.32 Å². The standard InChI is InChI=1S/C16H24N2O2/c1-3-17-16(15(19)20,14-7-5-4-6-8-14)12-18-10-9-13(2)11-18/h4-8,13,17H,3,9-12H2,1-2H3,(H,19,20). The fourth-order valence-corrected chi connectivity index (χ4v) is 3.05. The number of likely N-dealkylation sites (N-methyl/N-ethyl adjacent to an activating group) is 1. The number of benzene rings is 1. The van der Waals surface area contributed by atoms with Crippen molar-refractivity contribution in [3.05, 3.63) is 35.9 Å². The van der Waals surface area contributed by atoms with Gasteiger partial charge in [-0.2, -0.15) is 0 Å². The van der Waals surface area contributed by atoms with Gasteiger partial charge >= 0.3 is 5.97 Å². The molecule has 1 aromatic rings. The fourth-order valence-electron chi connectivity index (χ4n) is 3.05. The normalized spacial score (nSPS) is 22.6. The van der Waals surface area contributed by atoms with Gasteiger partial charge in [0.15, 0.2) is 5.54 Å². The Hall–Kier alpha value is -1.39. The summed E-state index contributed by atoms with van der Waals surface area (Å²) < 4.78 is 0. The summed E-state index contributed by atoms with van der Waals surface area (Å²) in [6, 6.07) is 9.51. The second-order valence-corrected chi connectivity index (χ2v) is 5.74. The van der Waals surface area contributed by atoms with Gasteiger partial charge in [0, 0.05) is 13.1 Å². The molecule has 2 atom stereocenters. The number of rotatable bonds is 6. The Kier molecular flexibility index (Phi) is 4.78. The molecule has 4 heteroatoms. The second kappa shape index (κ2) is 6.37. The van der Waals surface area contributed by atoms with Crippen molar-refractivity contribution in [2.24, 2.45) is 5.92 Å². The van der Waals surface area contributed by atoms with Gasteiger partial charge in [0.2, 0.25) is 0 Å². The molecule has 1 aliphatic heterocycles. The van der Waals surface area contributed by atoms with Crippen LogP contribution in [0.2, 0.25) is 0 Å². The van der Waals surface area contributed by atoms with Crippen LogP contribution in [0.5, 0.6) is 0 Å². The zero-order valence-corrected chi connectivity index (χ0v) is 12.3. The van der Waals surface area contributed by atoms with Gasteiger partial charge in [0.05, 0.1) is 0 Å². The van der Waals surface area contributed by atoms with E-state index in [1.165, 1.54) is 0 Å². The van der Waals surface area contributed by atoms with Crippen molar-refractivity contribution in [2.75, 3.05) is 26.2 Å². The van der Waals surface area contributed by atoms with Gasteiger partial charge in [-0.1, -0.05) is 44.2 Å². The van der Waals surface area contributed by atoms with Gasteiger partial charge in [0.1, 0.15) is 0 Å². The Morgan fingerprint density at radius 1 is 1.45 bits per heavy atom. The molecule has 4 nitrogen and oxygen atoms in total. The minimum absolute atomic E-state index is 0.518. The van der Waals surface area contributed by atoms with Gasteiger partial charge in [0.25, 0.3) is 0 Å². The van der Waals surface area contributed by atoms with Crippen molar-refractivity contribution in [3.8, 4) is 0 Å². The Morgan fingerprint density at radius 3 is 2.65 bits per heavy atom. The van der Waals surface area contributed by atoms with Crippen molar-refractivity contribution >= 4 is 5.97 Å². The molecular formula is C16H24N2O2. The zero-order chi connectivity index (χ0) is 14.6. The van der Waals surface area contributed by atoms with Crippen LogP contribution in [0.3, 0.4) is 0 Å². The molecule has 0 aromatic heterocycles.